The molecule has 0 bridgehead atoms. The van der Waals surface area contributed by atoms with Crippen LogP contribution in [0.1, 0.15) is 26.2 Å². The van der Waals surface area contributed by atoms with Gasteiger partial charge in [0, 0.05) is 13.2 Å². The van der Waals surface area contributed by atoms with Crippen molar-refractivity contribution < 1.29 is 14.3 Å². The van der Waals surface area contributed by atoms with Crippen molar-refractivity contribution in [2.45, 2.75) is 44.4 Å². The second-order valence-electron chi connectivity index (χ2n) is 4.52. The van der Waals surface area contributed by atoms with E-state index in [0.717, 1.165) is 32.5 Å². The molecule has 2 saturated heterocycles. The van der Waals surface area contributed by atoms with Crippen molar-refractivity contribution in [3.63, 3.8) is 0 Å². The Labute approximate surface area is 95.9 Å². The quantitative estimate of drug-likeness (QED) is 0.745. The molecule has 0 aromatic carbocycles. The molecule has 5 nitrogen and oxygen atoms in total. The third kappa shape index (κ3) is 3.09. The first kappa shape index (κ1) is 11.7. The SMILES string of the molecule is CC(NC(=O)NC1CCOC1)C1CCCO1. The fraction of sp³-hybridized carbons (Fsp3) is 0.909. The Morgan fingerprint density at radius 1 is 1.38 bits per heavy atom. The molecule has 0 aliphatic carbocycles. The van der Waals surface area contributed by atoms with Crippen molar-refractivity contribution >= 4 is 6.03 Å². The van der Waals surface area contributed by atoms with Crippen molar-refractivity contribution in [1.29, 1.82) is 0 Å². The summed E-state index contributed by atoms with van der Waals surface area (Å²) in [6, 6.07) is 0.125. The van der Waals surface area contributed by atoms with Gasteiger partial charge in [0.05, 0.1) is 24.8 Å². The van der Waals surface area contributed by atoms with E-state index >= 15 is 0 Å². The topological polar surface area (TPSA) is 59.6 Å². The molecule has 3 unspecified atom stereocenters. The molecule has 2 aliphatic rings. The molecular weight excluding hydrogens is 208 g/mol. The number of rotatable bonds is 3. The molecule has 92 valence electrons. The van der Waals surface area contributed by atoms with E-state index in [-0.39, 0.29) is 24.2 Å². The molecule has 5 heteroatoms. The van der Waals surface area contributed by atoms with E-state index in [0.29, 0.717) is 6.61 Å². The maximum Gasteiger partial charge on any atom is 0.315 e. The second kappa shape index (κ2) is 5.50. The molecule has 0 aromatic heterocycles. The van der Waals surface area contributed by atoms with Gasteiger partial charge in [-0.1, -0.05) is 0 Å². The number of carbonyl (C=O) groups excluding carboxylic acids is 1. The largest absolute Gasteiger partial charge is 0.379 e. The summed E-state index contributed by atoms with van der Waals surface area (Å²) in [5, 5.41) is 5.82. The number of nitrogens with one attached hydrogen (secondary N) is 2. The molecule has 3 atom stereocenters. The molecule has 2 amide bonds. The third-order valence-electron chi connectivity index (χ3n) is 3.15. The predicted octanol–water partition coefficient (Wildman–Crippen LogP) is 0.642. The summed E-state index contributed by atoms with van der Waals surface area (Å²) in [6.07, 6.45) is 3.20. The second-order valence-corrected chi connectivity index (χ2v) is 4.52. The van der Waals surface area contributed by atoms with E-state index in [1.807, 2.05) is 6.92 Å². The van der Waals surface area contributed by atoms with Gasteiger partial charge in [-0.15, -0.1) is 0 Å². The Hall–Kier alpha value is -0.810. The number of amides is 2. The van der Waals surface area contributed by atoms with Gasteiger partial charge in [0.1, 0.15) is 0 Å². The zero-order valence-electron chi connectivity index (χ0n) is 9.70. The van der Waals surface area contributed by atoms with Crippen LogP contribution in [0.5, 0.6) is 0 Å². The highest BCUT2D eigenvalue weighted by Crippen LogP contribution is 2.15. The van der Waals surface area contributed by atoms with Crippen molar-refractivity contribution in [3.05, 3.63) is 0 Å². The van der Waals surface area contributed by atoms with Gasteiger partial charge in [-0.2, -0.15) is 0 Å². The highest BCUT2D eigenvalue weighted by molar-refractivity contribution is 5.74. The summed E-state index contributed by atoms with van der Waals surface area (Å²) in [6.45, 7) is 4.17. The van der Waals surface area contributed by atoms with Crippen LogP contribution >= 0.6 is 0 Å². The normalized spacial score (nSPS) is 31.3. The zero-order chi connectivity index (χ0) is 11.4. The highest BCUT2D eigenvalue weighted by Gasteiger charge is 2.25. The summed E-state index contributed by atoms with van der Waals surface area (Å²) < 4.78 is 10.7. The maximum atomic E-state index is 11.6. The van der Waals surface area contributed by atoms with Crippen LogP contribution in [0.3, 0.4) is 0 Å². The first-order chi connectivity index (χ1) is 7.75. The number of carbonyl (C=O) groups is 1. The third-order valence-corrected chi connectivity index (χ3v) is 3.15. The Kier molecular flexibility index (Phi) is 4.01. The van der Waals surface area contributed by atoms with E-state index in [1.54, 1.807) is 0 Å². The molecule has 0 aromatic rings. The van der Waals surface area contributed by atoms with Gasteiger partial charge >= 0.3 is 6.03 Å². The van der Waals surface area contributed by atoms with E-state index < -0.39 is 0 Å². The lowest BCUT2D eigenvalue weighted by molar-refractivity contribution is 0.0858. The molecule has 0 radical (unpaired) electrons. The van der Waals surface area contributed by atoms with Crippen LogP contribution in [0.25, 0.3) is 0 Å². The van der Waals surface area contributed by atoms with E-state index in [9.17, 15) is 4.79 Å². The highest BCUT2D eigenvalue weighted by atomic mass is 16.5. The van der Waals surface area contributed by atoms with Gasteiger partial charge in [-0.05, 0) is 26.2 Å². The standard InChI is InChI=1S/C11H20N2O3/c1-8(10-3-2-5-16-10)12-11(14)13-9-4-6-15-7-9/h8-10H,2-7H2,1H3,(H2,12,13,14). The van der Waals surface area contributed by atoms with Crippen LogP contribution in [-0.4, -0.2) is 44.0 Å². The molecule has 2 N–H and O–H groups in total. The summed E-state index contributed by atoms with van der Waals surface area (Å²) in [5.74, 6) is 0. The van der Waals surface area contributed by atoms with Crippen molar-refractivity contribution in [1.82, 2.24) is 10.6 Å². The van der Waals surface area contributed by atoms with Gasteiger partial charge in [-0.3, -0.25) is 0 Å². The number of hydrogen-bond donors (Lipinski definition) is 2. The van der Waals surface area contributed by atoms with Gasteiger partial charge < -0.3 is 20.1 Å². The zero-order valence-corrected chi connectivity index (χ0v) is 9.70. The fourth-order valence-corrected chi connectivity index (χ4v) is 2.17. The van der Waals surface area contributed by atoms with Crippen LogP contribution in [-0.2, 0) is 9.47 Å². The molecule has 2 fully saturated rings. The first-order valence-electron chi connectivity index (χ1n) is 6.02. The van der Waals surface area contributed by atoms with Crippen molar-refractivity contribution in [2.75, 3.05) is 19.8 Å². The lowest BCUT2D eigenvalue weighted by atomic mass is 10.1. The molecule has 2 rings (SSSR count). The summed E-state index contributed by atoms with van der Waals surface area (Å²) in [7, 11) is 0. The van der Waals surface area contributed by atoms with E-state index in [4.69, 9.17) is 9.47 Å². The number of hydrogen-bond acceptors (Lipinski definition) is 3. The molecule has 2 heterocycles. The molecule has 16 heavy (non-hydrogen) atoms. The van der Waals surface area contributed by atoms with E-state index in [2.05, 4.69) is 10.6 Å². The van der Waals surface area contributed by atoms with E-state index in [1.165, 1.54) is 0 Å². The lowest BCUT2D eigenvalue weighted by Crippen LogP contribution is -2.49. The molecule has 0 spiro atoms. The summed E-state index contributed by atoms with van der Waals surface area (Å²) in [5.41, 5.74) is 0. The Balaban J connectivity index is 1.68. The van der Waals surface area contributed by atoms with Crippen LogP contribution < -0.4 is 10.6 Å². The number of urea groups is 1. The average Bonchev–Trinajstić information content (AvgIpc) is 2.88. The Bertz CT molecular complexity index is 235. The summed E-state index contributed by atoms with van der Waals surface area (Å²) >= 11 is 0. The molecule has 2 aliphatic heterocycles. The molecule has 0 saturated carbocycles. The lowest BCUT2D eigenvalue weighted by Gasteiger charge is -2.21. The predicted molar refractivity (Wildman–Crippen MR) is 59.3 cm³/mol. The van der Waals surface area contributed by atoms with Gasteiger partial charge in [0.15, 0.2) is 0 Å². The molecular formula is C11H20N2O3. The summed E-state index contributed by atoms with van der Waals surface area (Å²) in [4.78, 5) is 11.6. The maximum absolute atomic E-state index is 11.6. The van der Waals surface area contributed by atoms with Crippen molar-refractivity contribution in [2.24, 2.45) is 0 Å². The minimum absolute atomic E-state index is 0.0739. The number of ether oxygens (including phenoxy) is 2. The minimum Gasteiger partial charge on any atom is -0.379 e. The Morgan fingerprint density at radius 2 is 2.25 bits per heavy atom. The minimum atomic E-state index is -0.112. The van der Waals surface area contributed by atoms with Gasteiger partial charge in [-0.25, -0.2) is 4.79 Å². The van der Waals surface area contributed by atoms with Crippen LogP contribution in [0, 0.1) is 0 Å². The van der Waals surface area contributed by atoms with Crippen LogP contribution in [0.2, 0.25) is 0 Å². The van der Waals surface area contributed by atoms with Crippen molar-refractivity contribution in [3.8, 4) is 0 Å². The fourth-order valence-electron chi connectivity index (χ4n) is 2.17. The smallest absolute Gasteiger partial charge is 0.315 e. The monoisotopic (exact) mass is 228 g/mol. The average molecular weight is 228 g/mol. The van der Waals surface area contributed by atoms with Gasteiger partial charge in [0.2, 0.25) is 0 Å². The van der Waals surface area contributed by atoms with Crippen LogP contribution in [0.4, 0.5) is 4.79 Å². The van der Waals surface area contributed by atoms with Gasteiger partial charge in [0.25, 0.3) is 0 Å². The first-order valence-corrected chi connectivity index (χ1v) is 6.02. The van der Waals surface area contributed by atoms with Crippen LogP contribution in [0.15, 0.2) is 0 Å². The Morgan fingerprint density at radius 3 is 2.88 bits per heavy atom.